The number of fused-ring (bicyclic) bond motifs is 7. The van der Waals surface area contributed by atoms with Gasteiger partial charge in [0.05, 0.1) is 11.7 Å². The van der Waals surface area contributed by atoms with Gasteiger partial charge >= 0.3 is 0 Å². The number of hydrogen-bond donors (Lipinski definition) is 0. The van der Waals surface area contributed by atoms with Crippen LogP contribution < -0.4 is 9.80 Å². The van der Waals surface area contributed by atoms with Gasteiger partial charge < -0.3 is 9.80 Å². The summed E-state index contributed by atoms with van der Waals surface area (Å²) >= 11 is 0. The molecule has 0 N–H and O–H groups in total. The highest BCUT2D eigenvalue weighted by Gasteiger charge is 2.40. The molecule has 0 fully saturated rings. The minimum absolute atomic E-state index is 0.140. The molecule has 7 aromatic rings. The molecule has 9 rings (SSSR count). The smallest absolute Gasteiger partial charge is 0.0649 e. The van der Waals surface area contributed by atoms with Crippen LogP contribution in [0, 0.1) is 0 Å². The van der Waals surface area contributed by atoms with Crippen LogP contribution in [0.3, 0.4) is 0 Å². The van der Waals surface area contributed by atoms with E-state index in [0.717, 1.165) is 11.4 Å². The van der Waals surface area contributed by atoms with Crippen molar-refractivity contribution >= 4 is 55.1 Å². The summed E-state index contributed by atoms with van der Waals surface area (Å²) in [7, 11) is 0. The largest absolute Gasteiger partial charge is 0.333 e. The van der Waals surface area contributed by atoms with E-state index in [1.54, 1.807) is 0 Å². The molecular formula is C42H30N2. The molecule has 0 radical (unpaired) electrons. The van der Waals surface area contributed by atoms with Crippen LogP contribution in [0.25, 0.3) is 32.3 Å². The lowest BCUT2D eigenvalue weighted by atomic mass is 9.89. The van der Waals surface area contributed by atoms with Crippen molar-refractivity contribution in [3.8, 4) is 0 Å². The van der Waals surface area contributed by atoms with Crippen molar-refractivity contribution in [2.24, 2.45) is 0 Å². The molecule has 2 heteroatoms. The van der Waals surface area contributed by atoms with Crippen molar-refractivity contribution in [1.82, 2.24) is 0 Å². The van der Waals surface area contributed by atoms with E-state index in [2.05, 4.69) is 180 Å². The third-order valence-electron chi connectivity index (χ3n) is 9.29. The number of allylic oxidation sites excluding steroid dienone is 1. The lowest BCUT2D eigenvalue weighted by molar-refractivity contribution is 0.736. The Kier molecular flexibility index (Phi) is 5.67. The highest BCUT2D eigenvalue weighted by atomic mass is 15.2. The van der Waals surface area contributed by atoms with Crippen molar-refractivity contribution in [2.75, 3.05) is 9.80 Å². The first-order valence-corrected chi connectivity index (χ1v) is 15.4. The number of anilines is 4. The van der Waals surface area contributed by atoms with Gasteiger partial charge in [-0.2, -0.15) is 0 Å². The van der Waals surface area contributed by atoms with Crippen LogP contribution in [0.2, 0.25) is 0 Å². The molecule has 1 heterocycles. The summed E-state index contributed by atoms with van der Waals surface area (Å²) in [6.45, 7) is 0. The topological polar surface area (TPSA) is 6.48 Å². The molecule has 44 heavy (non-hydrogen) atoms. The second kappa shape index (κ2) is 10.00. The zero-order chi connectivity index (χ0) is 29.0. The van der Waals surface area contributed by atoms with E-state index < -0.39 is 0 Å². The molecule has 2 nitrogen and oxygen atoms in total. The normalized spacial score (nSPS) is 17.1. The molecule has 0 saturated carbocycles. The van der Waals surface area contributed by atoms with Gasteiger partial charge in [-0.3, -0.25) is 0 Å². The monoisotopic (exact) mass is 562 g/mol. The maximum atomic E-state index is 2.56. The Balaban J connectivity index is 1.25. The minimum Gasteiger partial charge on any atom is -0.333 e. The third-order valence-corrected chi connectivity index (χ3v) is 9.29. The fourth-order valence-electron chi connectivity index (χ4n) is 7.25. The number of para-hydroxylation sites is 1. The van der Waals surface area contributed by atoms with Crippen molar-refractivity contribution in [3.05, 3.63) is 181 Å². The predicted octanol–water partition coefficient (Wildman–Crippen LogP) is 11.0. The highest BCUT2D eigenvalue weighted by molar-refractivity contribution is 6.00. The Labute approximate surface area is 257 Å². The number of rotatable bonds is 4. The summed E-state index contributed by atoms with van der Waals surface area (Å²) in [5.74, 6) is 0.258. The van der Waals surface area contributed by atoms with Gasteiger partial charge in [-0.05, 0) is 81.0 Å². The Hall–Kier alpha value is -5.60. The number of hydrogen-bond acceptors (Lipinski definition) is 2. The fourth-order valence-corrected chi connectivity index (χ4v) is 7.25. The zero-order valence-electron chi connectivity index (χ0n) is 24.2. The first-order chi connectivity index (χ1) is 21.8. The van der Waals surface area contributed by atoms with Gasteiger partial charge in [-0.1, -0.05) is 121 Å². The molecule has 0 amide bonds. The summed E-state index contributed by atoms with van der Waals surface area (Å²) < 4.78 is 0. The van der Waals surface area contributed by atoms with E-state index in [1.807, 2.05) is 0 Å². The summed E-state index contributed by atoms with van der Waals surface area (Å²) in [5.41, 5.74) is 7.39. The molecule has 208 valence electrons. The lowest BCUT2D eigenvalue weighted by Gasteiger charge is -2.34. The van der Waals surface area contributed by atoms with Crippen LogP contribution in [-0.4, -0.2) is 6.04 Å². The molecular weight excluding hydrogens is 532 g/mol. The SMILES string of the molecule is C1=CC2c3ccc4ccccc4c3N(c3ccccc3)C2C=C1N(c1ccc2ccccc2c1)c1ccc2ccccc2c1. The molecule has 7 aromatic carbocycles. The second-order valence-electron chi connectivity index (χ2n) is 11.8. The molecule has 2 atom stereocenters. The summed E-state index contributed by atoms with van der Waals surface area (Å²) in [6, 6.07) is 55.3. The van der Waals surface area contributed by atoms with Crippen molar-refractivity contribution in [2.45, 2.75) is 12.0 Å². The lowest BCUT2D eigenvalue weighted by Crippen LogP contribution is -2.31. The van der Waals surface area contributed by atoms with Crippen molar-refractivity contribution in [3.63, 3.8) is 0 Å². The van der Waals surface area contributed by atoms with Crippen LogP contribution in [0.5, 0.6) is 0 Å². The van der Waals surface area contributed by atoms with Crippen molar-refractivity contribution in [1.29, 1.82) is 0 Å². The molecule has 1 aliphatic heterocycles. The molecule has 0 spiro atoms. The average Bonchev–Trinajstić information content (AvgIpc) is 3.43. The van der Waals surface area contributed by atoms with Crippen LogP contribution in [0.15, 0.2) is 176 Å². The molecule has 1 aliphatic carbocycles. The standard InChI is InChI=1S/C42H30N2/c1-2-15-34(16-3-1)44-41-28-37(23-25-39(41)40-24-20-31-12-8-9-17-38(31)42(40)44)43(35-21-18-29-10-4-6-13-32(29)26-35)36-22-19-30-11-5-7-14-33(30)27-36/h1-28,39,41H. The number of nitrogens with zero attached hydrogens (tertiary/aromatic N) is 2. The highest BCUT2D eigenvalue weighted by Crippen LogP contribution is 2.52. The van der Waals surface area contributed by atoms with Crippen LogP contribution >= 0.6 is 0 Å². The van der Waals surface area contributed by atoms with Crippen LogP contribution in [0.1, 0.15) is 11.5 Å². The van der Waals surface area contributed by atoms with E-state index >= 15 is 0 Å². The molecule has 0 bridgehead atoms. The van der Waals surface area contributed by atoms with Gasteiger partial charge in [0.1, 0.15) is 0 Å². The maximum absolute atomic E-state index is 2.56. The second-order valence-corrected chi connectivity index (χ2v) is 11.8. The zero-order valence-corrected chi connectivity index (χ0v) is 24.2. The summed E-state index contributed by atoms with van der Waals surface area (Å²) in [4.78, 5) is 4.99. The first-order valence-electron chi connectivity index (χ1n) is 15.4. The van der Waals surface area contributed by atoms with E-state index in [4.69, 9.17) is 0 Å². The van der Waals surface area contributed by atoms with Gasteiger partial charge in [0.2, 0.25) is 0 Å². The summed E-state index contributed by atoms with van der Waals surface area (Å²) in [5, 5.41) is 7.53. The fraction of sp³-hybridized carbons (Fsp3) is 0.0476. The quantitative estimate of drug-likeness (QED) is 0.210. The van der Waals surface area contributed by atoms with Gasteiger partial charge in [-0.25, -0.2) is 0 Å². The Morgan fingerprint density at radius 1 is 0.500 bits per heavy atom. The predicted molar refractivity (Wildman–Crippen MR) is 186 cm³/mol. The maximum Gasteiger partial charge on any atom is 0.0649 e. The van der Waals surface area contributed by atoms with E-state index in [0.29, 0.717) is 0 Å². The third kappa shape index (κ3) is 3.95. The van der Waals surface area contributed by atoms with Crippen molar-refractivity contribution < 1.29 is 0 Å². The molecule has 0 saturated heterocycles. The van der Waals surface area contributed by atoms with Gasteiger partial charge in [-0.15, -0.1) is 0 Å². The summed E-state index contributed by atoms with van der Waals surface area (Å²) in [6.07, 6.45) is 7.24. The van der Waals surface area contributed by atoms with E-state index in [-0.39, 0.29) is 12.0 Å². The molecule has 2 unspecified atom stereocenters. The van der Waals surface area contributed by atoms with E-state index in [9.17, 15) is 0 Å². The first kappa shape index (κ1) is 24.9. The average molecular weight is 563 g/mol. The van der Waals surface area contributed by atoms with E-state index in [1.165, 1.54) is 55.0 Å². The van der Waals surface area contributed by atoms with Gasteiger partial charge in [0, 0.05) is 34.1 Å². The molecule has 2 aliphatic rings. The Morgan fingerprint density at radius 3 is 1.75 bits per heavy atom. The minimum atomic E-state index is 0.140. The molecule has 0 aromatic heterocycles. The van der Waals surface area contributed by atoms with Crippen LogP contribution in [0.4, 0.5) is 22.7 Å². The van der Waals surface area contributed by atoms with Gasteiger partial charge in [0.25, 0.3) is 0 Å². The Morgan fingerprint density at radius 2 is 1.07 bits per heavy atom. The number of benzene rings is 7. The van der Waals surface area contributed by atoms with Crippen LogP contribution in [-0.2, 0) is 0 Å². The Bertz CT molecular complexity index is 2180. The van der Waals surface area contributed by atoms with Gasteiger partial charge in [0.15, 0.2) is 0 Å².